The number of nitrogens with zero attached hydrogens (tertiary/aromatic N) is 1. The molecule has 0 fully saturated rings. The number of methoxy groups -OCH3 is 1. The third-order valence-corrected chi connectivity index (χ3v) is 4.00. The van der Waals surface area contributed by atoms with E-state index in [-0.39, 0.29) is 5.97 Å². The van der Waals surface area contributed by atoms with Crippen molar-refractivity contribution in [2.75, 3.05) is 7.11 Å². The van der Waals surface area contributed by atoms with Gasteiger partial charge in [0.25, 0.3) is 0 Å². The average Bonchev–Trinajstić information content (AvgIpc) is 3.09. The van der Waals surface area contributed by atoms with E-state index in [2.05, 4.69) is 35.3 Å². The minimum atomic E-state index is -0.501. The molecule has 1 aliphatic rings. The molecule has 0 aromatic heterocycles. The summed E-state index contributed by atoms with van der Waals surface area (Å²) in [6, 6.07) is 13.9. The fourth-order valence-electron chi connectivity index (χ4n) is 2.81. The molecule has 0 spiro atoms. The number of esters is 1. The van der Waals surface area contributed by atoms with Crippen LogP contribution in [-0.2, 0) is 9.53 Å². The summed E-state index contributed by atoms with van der Waals surface area (Å²) in [5.41, 5.74) is 2.06. The van der Waals surface area contributed by atoms with Crippen LogP contribution in [-0.4, -0.2) is 25.3 Å². The number of hydrogen-bond donors (Lipinski definition) is 0. The zero-order valence-electron chi connectivity index (χ0n) is 12.7. The molecule has 1 aliphatic carbocycles. The number of rotatable bonds is 4. The van der Waals surface area contributed by atoms with E-state index in [0.29, 0.717) is 0 Å². The van der Waals surface area contributed by atoms with Gasteiger partial charge in [-0.2, -0.15) is 0 Å². The van der Waals surface area contributed by atoms with Crippen LogP contribution in [0.5, 0.6) is 0 Å². The van der Waals surface area contributed by atoms with Crippen molar-refractivity contribution in [3.63, 3.8) is 0 Å². The molecule has 1 atom stereocenters. The predicted molar refractivity (Wildman–Crippen MR) is 89.3 cm³/mol. The number of aliphatic imine (C=N–C) groups is 1. The van der Waals surface area contributed by atoms with Crippen molar-refractivity contribution in [2.45, 2.75) is 25.3 Å². The predicted octanol–water partition coefficient (Wildman–Crippen LogP) is 3.91. The lowest BCUT2D eigenvalue weighted by Crippen LogP contribution is -2.22. The molecule has 3 rings (SSSR count). The lowest BCUT2D eigenvalue weighted by Gasteiger charge is -2.11. The van der Waals surface area contributed by atoms with Crippen LogP contribution >= 0.6 is 0 Å². The zero-order chi connectivity index (χ0) is 15.4. The van der Waals surface area contributed by atoms with Crippen LogP contribution in [0.25, 0.3) is 10.8 Å². The molecule has 0 saturated heterocycles. The molecule has 0 radical (unpaired) electrons. The van der Waals surface area contributed by atoms with Gasteiger partial charge in [-0.1, -0.05) is 42.5 Å². The van der Waals surface area contributed by atoms with Gasteiger partial charge in [-0.3, -0.25) is 4.99 Å². The van der Waals surface area contributed by atoms with Crippen LogP contribution in [0.1, 0.15) is 24.8 Å². The van der Waals surface area contributed by atoms with Gasteiger partial charge < -0.3 is 4.74 Å². The minimum absolute atomic E-state index is 0.287. The van der Waals surface area contributed by atoms with Crippen LogP contribution < -0.4 is 0 Å². The molecule has 112 valence electrons. The number of hydrogen-bond acceptors (Lipinski definition) is 3. The van der Waals surface area contributed by atoms with E-state index in [4.69, 9.17) is 4.74 Å². The highest BCUT2D eigenvalue weighted by molar-refractivity contribution is 5.91. The number of carbonyl (C=O) groups is 1. The van der Waals surface area contributed by atoms with Crippen molar-refractivity contribution in [3.05, 3.63) is 59.7 Å². The number of fused-ring (bicyclic) bond motifs is 1. The summed E-state index contributed by atoms with van der Waals surface area (Å²) >= 11 is 0. The Morgan fingerprint density at radius 1 is 1.23 bits per heavy atom. The topological polar surface area (TPSA) is 38.7 Å². The highest BCUT2D eigenvalue weighted by atomic mass is 16.5. The smallest absolute Gasteiger partial charge is 0.334 e. The molecule has 3 nitrogen and oxygen atoms in total. The second-order valence-electron chi connectivity index (χ2n) is 5.48. The Balaban J connectivity index is 1.86. The Kier molecular flexibility index (Phi) is 4.33. The van der Waals surface area contributed by atoms with Gasteiger partial charge in [0.15, 0.2) is 6.04 Å². The molecule has 0 saturated carbocycles. The summed E-state index contributed by atoms with van der Waals surface area (Å²) in [6.07, 6.45) is 6.92. The van der Waals surface area contributed by atoms with Gasteiger partial charge in [-0.05, 0) is 47.2 Å². The Labute approximate surface area is 130 Å². The third-order valence-electron chi connectivity index (χ3n) is 4.00. The molecule has 0 amide bonds. The van der Waals surface area contributed by atoms with E-state index in [1.165, 1.54) is 17.9 Å². The Morgan fingerprint density at radius 3 is 2.77 bits per heavy atom. The number of ether oxygens (including phenoxy) is 1. The van der Waals surface area contributed by atoms with Crippen molar-refractivity contribution in [2.24, 2.45) is 4.99 Å². The molecule has 2 aromatic carbocycles. The van der Waals surface area contributed by atoms with E-state index in [0.717, 1.165) is 30.4 Å². The minimum Gasteiger partial charge on any atom is -0.467 e. The Hall–Kier alpha value is -2.42. The van der Waals surface area contributed by atoms with Gasteiger partial charge in [-0.25, -0.2) is 4.79 Å². The van der Waals surface area contributed by atoms with Crippen LogP contribution in [0.3, 0.4) is 0 Å². The Bertz CT molecular complexity index is 746. The van der Waals surface area contributed by atoms with Crippen LogP contribution in [0.15, 0.2) is 59.1 Å². The van der Waals surface area contributed by atoms with Gasteiger partial charge in [0.05, 0.1) is 7.11 Å². The molecule has 0 heterocycles. The molecule has 22 heavy (non-hydrogen) atoms. The first-order valence-corrected chi connectivity index (χ1v) is 7.56. The summed E-state index contributed by atoms with van der Waals surface area (Å²) in [7, 11) is 1.41. The molecular weight excluding hydrogens is 274 g/mol. The van der Waals surface area contributed by atoms with Gasteiger partial charge in [0, 0.05) is 6.21 Å². The lowest BCUT2D eigenvalue weighted by molar-refractivity contribution is -0.141. The number of allylic oxidation sites excluding steroid dienone is 1. The second kappa shape index (κ2) is 6.56. The van der Waals surface area contributed by atoms with E-state index >= 15 is 0 Å². The molecule has 2 aromatic rings. The maximum absolute atomic E-state index is 12.0. The van der Waals surface area contributed by atoms with Crippen molar-refractivity contribution in [1.29, 1.82) is 0 Å². The summed E-state index contributed by atoms with van der Waals surface area (Å²) in [6.45, 7) is 0. The number of carbonyl (C=O) groups excluding carboxylic acids is 1. The van der Waals surface area contributed by atoms with E-state index in [1.807, 2.05) is 18.2 Å². The number of benzene rings is 2. The SMILES string of the molecule is COC(=O)C(N=Cc1ccc2ccccc2c1)C1=CCCC1. The fraction of sp³-hybridized carbons (Fsp3) is 0.263. The first kappa shape index (κ1) is 14.5. The molecule has 3 heteroatoms. The highest BCUT2D eigenvalue weighted by Gasteiger charge is 2.23. The first-order valence-electron chi connectivity index (χ1n) is 7.56. The second-order valence-corrected chi connectivity index (χ2v) is 5.48. The Morgan fingerprint density at radius 2 is 2.05 bits per heavy atom. The fourth-order valence-corrected chi connectivity index (χ4v) is 2.81. The van der Waals surface area contributed by atoms with Crippen molar-refractivity contribution in [3.8, 4) is 0 Å². The monoisotopic (exact) mass is 293 g/mol. The third kappa shape index (κ3) is 3.08. The summed E-state index contributed by atoms with van der Waals surface area (Å²) in [4.78, 5) is 16.4. The highest BCUT2D eigenvalue weighted by Crippen LogP contribution is 2.24. The van der Waals surface area contributed by atoms with Crippen LogP contribution in [0.2, 0.25) is 0 Å². The van der Waals surface area contributed by atoms with Crippen molar-refractivity contribution in [1.82, 2.24) is 0 Å². The molecular formula is C19H19NO2. The summed E-state index contributed by atoms with van der Waals surface area (Å²) < 4.78 is 4.89. The van der Waals surface area contributed by atoms with Gasteiger partial charge in [0.2, 0.25) is 0 Å². The standard InChI is InChI=1S/C19H19NO2/c1-22-19(21)18(16-7-3-4-8-16)20-13-14-10-11-15-6-2-5-9-17(15)12-14/h2,5-7,9-13,18H,3-4,8H2,1H3. The normalized spacial score (nSPS) is 16.0. The maximum atomic E-state index is 12.0. The molecule has 0 bridgehead atoms. The van der Waals surface area contributed by atoms with E-state index < -0.39 is 6.04 Å². The zero-order valence-corrected chi connectivity index (χ0v) is 12.7. The first-order chi connectivity index (χ1) is 10.8. The van der Waals surface area contributed by atoms with E-state index in [9.17, 15) is 4.79 Å². The molecule has 0 aliphatic heterocycles. The molecule has 0 N–H and O–H groups in total. The van der Waals surface area contributed by atoms with Gasteiger partial charge >= 0.3 is 5.97 Å². The van der Waals surface area contributed by atoms with Crippen LogP contribution in [0.4, 0.5) is 0 Å². The van der Waals surface area contributed by atoms with E-state index in [1.54, 1.807) is 6.21 Å². The summed E-state index contributed by atoms with van der Waals surface area (Å²) in [5, 5.41) is 2.36. The van der Waals surface area contributed by atoms with Crippen molar-refractivity contribution < 1.29 is 9.53 Å². The largest absolute Gasteiger partial charge is 0.467 e. The quantitative estimate of drug-likeness (QED) is 0.487. The van der Waals surface area contributed by atoms with Crippen molar-refractivity contribution >= 4 is 23.0 Å². The van der Waals surface area contributed by atoms with Crippen LogP contribution in [0, 0.1) is 0 Å². The van der Waals surface area contributed by atoms with Gasteiger partial charge in [-0.15, -0.1) is 0 Å². The molecule has 1 unspecified atom stereocenters. The average molecular weight is 293 g/mol. The maximum Gasteiger partial charge on any atom is 0.334 e. The lowest BCUT2D eigenvalue weighted by atomic mass is 10.1. The van der Waals surface area contributed by atoms with Gasteiger partial charge in [0.1, 0.15) is 0 Å². The summed E-state index contributed by atoms with van der Waals surface area (Å²) in [5.74, 6) is -0.287.